The van der Waals surface area contributed by atoms with Gasteiger partial charge in [-0.15, -0.1) is 0 Å². The number of hydrogen-bond donors (Lipinski definition) is 2. The van der Waals surface area contributed by atoms with Crippen LogP contribution in [0.1, 0.15) is 49.1 Å². The van der Waals surface area contributed by atoms with Gasteiger partial charge < -0.3 is 10.2 Å². The molecule has 2 atom stereocenters. The van der Waals surface area contributed by atoms with Crippen LogP contribution >= 0.6 is 0 Å². The summed E-state index contributed by atoms with van der Waals surface area (Å²) < 4.78 is 23.9. The van der Waals surface area contributed by atoms with Crippen LogP contribution in [0.25, 0.3) is 11.1 Å². The molecule has 1 aliphatic carbocycles. The van der Waals surface area contributed by atoms with Crippen molar-refractivity contribution in [2.75, 3.05) is 13.1 Å². The van der Waals surface area contributed by atoms with E-state index in [1.54, 1.807) is 18.2 Å². The maximum Gasteiger partial charge on any atom is 0.238 e. The number of carbonyl (C=O) groups excluding carboxylic acids is 2. The maximum atomic E-state index is 13.4. The topological polar surface area (TPSA) is 110 Å². The highest BCUT2D eigenvalue weighted by Crippen LogP contribution is 2.36. The third-order valence-electron chi connectivity index (χ3n) is 8.17. The number of carbonyl (C=O) groups is 2. The highest BCUT2D eigenvalue weighted by molar-refractivity contribution is 7.89. The third kappa shape index (κ3) is 6.23. The minimum Gasteiger partial charge on any atom is -0.352 e. The molecular weight excluding hydrogens is 510 g/mol. The van der Waals surface area contributed by atoms with E-state index in [0.29, 0.717) is 18.0 Å². The minimum absolute atomic E-state index is 0.0753. The van der Waals surface area contributed by atoms with Crippen LogP contribution in [0.4, 0.5) is 0 Å². The van der Waals surface area contributed by atoms with Crippen LogP contribution in [0.3, 0.4) is 0 Å². The number of hydrogen-bond acceptors (Lipinski definition) is 4. The van der Waals surface area contributed by atoms with Crippen molar-refractivity contribution in [1.82, 2.24) is 10.2 Å². The summed E-state index contributed by atoms with van der Waals surface area (Å²) in [5.41, 5.74) is 3.50. The first kappa shape index (κ1) is 27.1. The molecule has 2 aliphatic rings. The van der Waals surface area contributed by atoms with Gasteiger partial charge in [0.05, 0.1) is 4.90 Å². The summed E-state index contributed by atoms with van der Waals surface area (Å²) in [5, 5.41) is 8.40. The van der Waals surface area contributed by atoms with Gasteiger partial charge in [0.2, 0.25) is 21.8 Å². The van der Waals surface area contributed by atoms with Gasteiger partial charge in [0.1, 0.15) is 0 Å². The maximum absolute atomic E-state index is 13.4. The quantitative estimate of drug-likeness (QED) is 0.457. The average molecular weight is 546 g/mol. The highest BCUT2D eigenvalue weighted by Gasteiger charge is 2.40. The summed E-state index contributed by atoms with van der Waals surface area (Å²) >= 11 is 0. The third-order valence-corrected chi connectivity index (χ3v) is 9.14. The molecule has 0 bridgehead atoms. The molecule has 0 spiro atoms. The van der Waals surface area contributed by atoms with Gasteiger partial charge in [-0.1, -0.05) is 79.2 Å². The monoisotopic (exact) mass is 545 g/mol. The zero-order chi connectivity index (χ0) is 27.4. The molecule has 0 unspecified atom stereocenters. The van der Waals surface area contributed by atoms with Crippen molar-refractivity contribution in [2.45, 2.75) is 49.5 Å². The second-order valence-electron chi connectivity index (χ2n) is 10.6. The number of nitrogens with zero attached hydrogens (tertiary/aromatic N) is 1. The molecule has 39 heavy (non-hydrogen) atoms. The number of primary sulfonamides is 1. The Bertz CT molecular complexity index is 1420. The predicted octanol–water partition coefficient (Wildman–Crippen LogP) is 4.44. The van der Waals surface area contributed by atoms with Gasteiger partial charge in [-0.2, -0.15) is 0 Å². The Morgan fingerprint density at radius 2 is 1.46 bits per heavy atom. The number of benzene rings is 3. The minimum atomic E-state index is -3.85. The van der Waals surface area contributed by atoms with Crippen molar-refractivity contribution in [1.29, 1.82) is 0 Å². The number of likely N-dealkylation sites (tertiary alicyclic amines) is 1. The molecule has 0 radical (unpaired) electrons. The molecule has 3 aromatic rings. The lowest BCUT2D eigenvalue weighted by molar-refractivity contribution is -0.141. The first-order valence-electron chi connectivity index (χ1n) is 13.6. The number of amides is 2. The van der Waals surface area contributed by atoms with Crippen LogP contribution in [0.5, 0.6) is 0 Å². The van der Waals surface area contributed by atoms with Crippen molar-refractivity contribution in [2.24, 2.45) is 17.0 Å². The van der Waals surface area contributed by atoms with Gasteiger partial charge in [0, 0.05) is 37.0 Å². The summed E-state index contributed by atoms with van der Waals surface area (Å²) in [6.07, 6.45) is 4.28. The van der Waals surface area contributed by atoms with Crippen molar-refractivity contribution in [3.05, 3.63) is 90.0 Å². The van der Waals surface area contributed by atoms with E-state index in [4.69, 9.17) is 5.14 Å². The molecule has 1 saturated carbocycles. The number of rotatable bonds is 7. The van der Waals surface area contributed by atoms with Crippen LogP contribution in [-0.2, 0) is 26.2 Å². The van der Waals surface area contributed by atoms with E-state index in [9.17, 15) is 18.0 Å². The Morgan fingerprint density at radius 3 is 2.15 bits per heavy atom. The lowest BCUT2D eigenvalue weighted by atomic mass is 9.88. The Balaban J connectivity index is 1.16. The summed E-state index contributed by atoms with van der Waals surface area (Å²) in [4.78, 5) is 28.6. The van der Waals surface area contributed by atoms with E-state index in [0.717, 1.165) is 56.3 Å². The molecule has 5 rings (SSSR count). The Hall–Kier alpha value is -3.49. The van der Waals surface area contributed by atoms with E-state index in [2.05, 4.69) is 29.6 Å². The molecule has 3 N–H and O–H groups in total. The standard InChI is InChI=1S/C31H35N3O4S/c32-39(37,38)29-12-5-4-9-26(29)25-15-13-22(14-16-25)21-33-30(35)27-10-6-11-28(27)31(36)34-19-17-24(18-20-34)23-7-2-1-3-8-23/h1-5,7-9,12-16,24,27-28H,6,10-11,17-21H2,(H,33,35)(H2,32,37,38)/t27-,28-/m1/s1. The van der Waals surface area contributed by atoms with Crippen molar-refractivity contribution < 1.29 is 18.0 Å². The Kier molecular flexibility index (Phi) is 8.14. The first-order valence-corrected chi connectivity index (χ1v) is 15.2. The summed E-state index contributed by atoms with van der Waals surface area (Å²) in [6, 6.07) is 24.5. The van der Waals surface area contributed by atoms with Gasteiger partial charge in [0.25, 0.3) is 0 Å². The molecule has 204 valence electrons. The fraction of sp³-hybridized carbons (Fsp3) is 0.355. The molecule has 8 heteroatoms. The van der Waals surface area contributed by atoms with E-state index in [1.807, 2.05) is 35.2 Å². The van der Waals surface area contributed by atoms with Crippen LogP contribution in [0.2, 0.25) is 0 Å². The summed E-state index contributed by atoms with van der Waals surface area (Å²) in [7, 11) is -3.85. The molecule has 3 aromatic carbocycles. The fourth-order valence-corrected chi connectivity index (χ4v) is 6.80. The molecule has 7 nitrogen and oxygen atoms in total. The smallest absolute Gasteiger partial charge is 0.238 e. The SMILES string of the molecule is NS(=O)(=O)c1ccccc1-c1ccc(CNC(=O)[C@@H]2CCC[C@H]2C(=O)N2CCC(c3ccccc3)CC2)cc1. The molecule has 2 fully saturated rings. The van der Waals surface area contributed by atoms with Crippen LogP contribution in [-0.4, -0.2) is 38.2 Å². The van der Waals surface area contributed by atoms with Crippen LogP contribution in [0, 0.1) is 11.8 Å². The van der Waals surface area contributed by atoms with Crippen LogP contribution < -0.4 is 10.5 Å². The number of nitrogens with two attached hydrogens (primary N) is 1. The molecular formula is C31H35N3O4S. The van der Waals surface area contributed by atoms with Gasteiger partial charge >= 0.3 is 0 Å². The normalized spacial score (nSPS) is 20.1. The summed E-state index contributed by atoms with van der Waals surface area (Å²) in [5.74, 6) is -0.0242. The van der Waals surface area contributed by atoms with Crippen molar-refractivity contribution in [3.8, 4) is 11.1 Å². The van der Waals surface area contributed by atoms with Crippen LogP contribution in [0.15, 0.2) is 83.8 Å². The fourth-order valence-electron chi connectivity index (χ4n) is 6.04. The van der Waals surface area contributed by atoms with Gasteiger partial charge in [-0.05, 0) is 54.4 Å². The zero-order valence-corrected chi connectivity index (χ0v) is 22.8. The van der Waals surface area contributed by atoms with E-state index >= 15 is 0 Å². The van der Waals surface area contributed by atoms with Gasteiger partial charge in [-0.25, -0.2) is 13.6 Å². The largest absolute Gasteiger partial charge is 0.352 e. The number of sulfonamides is 1. The lowest BCUT2D eigenvalue weighted by Gasteiger charge is -2.34. The second kappa shape index (κ2) is 11.7. The molecule has 1 heterocycles. The highest BCUT2D eigenvalue weighted by atomic mass is 32.2. The number of nitrogens with one attached hydrogen (secondary N) is 1. The Morgan fingerprint density at radius 1 is 0.821 bits per heavy atom. The molecule has 0 aromatic heterocycles. The van der Waals surface area contributed by atoms with E-state index < -0.39 is 10.0 Å². The van der Waals surface area contributed by atoms with E-state index in [1.165, 1.54) is 11.6 Å². The predicted molar refractivity (Wildman–Crippen MR) is 151 cm³/mol. The average Bonchev–Trinajstić information content (AvgIpc) is 3.46. The van der Waals surface area contributed by atoms with E-state index in [-0.39, 0.29) is 28.5 Å². The second-order valence-corrected chi connectivity index (χ2v) is 12.1. The lowest BCUT2D eigenvalue weighted by Crippen LogP contribution is -2.44. The molecule has 1 saturated heterocycles. The molecule has 2 amide bonds. The van der Waals surface area contributed by atoms with Gasteiger partial charge in [-0.3, -0.25) is 9.59 Å². The molecule has 1 aliphatic heterocycles. The Labute approximate surface area is 230 Å². The first-order chi connectivity index (χ1) is 18.8. The number of piperidine rings is 1. The summed E-state index contributed by atoms with van der Waals surface area (Å²) in [6.45, 7) is 1.82. The zero-order valence-electron chi connectivity index (χ0n) is 22.0. The van der Waals surface area contributed by atoms with Crippen molar-refractivity contribution >= 4 is 21.8 Å². The van der Waals surface area contributed by atoms with Crippen molar-refractivity contribution in [3.63, 3.8) is 0 Å². The van der Waals surface area contributed by atoms with Gasteiger partial charge in [0.15, 0.2) is 0 Å².